The van der Waals surface area contributed by atoms with Gasteiger partial charge in [-0.25, -0.2) is 0 Å². The molecule has 0 aliphatic rings. The third-order valence-electron chi connectivity index (χ3n) is 2.15. The number of ether oxygens (including phenoxy) is 1. The van der Waals surface area contributed by atoms with E-state index in [9.17, 15) is 13.8 Å². The zero-order valence-corrected chi connectivity index (χ0v) is 10.9. The average molecular weight is 249 g/mol. The Morgan fingerprint density at radius 2 is 1.94 bits per heavy atom. The monoisotopic (exact) mass is 249 g/mol. The highest BCUT2D eigenvalue weighted by Gasteiger charge is 2.25. The van der Waals surface area contributed by atoms with Crippen LogP contribution in [0.1, 0.15) is 27.2 Å². The summed E-state index contributed by atoms with van der Waals surface area (Å²) >= 11 is 0. The number of methoxy groups -OCH3 is 1. The van der Waals surface area contributed by atoms with Gasteiger partial charge in [-0.2, -0.15) is 0 Å². The Balaban J connectivity index is 4.31. The van der Waals surface area contributed by atoms with E-state index in [1.165, 1.54) is 7.11 Å². The molecule has 3 atom stereocenters. The predicted molar refractivity (Wildman–Crippen MR) is 62.4 cm³/mol. The molecule has 0 radical (unpaired) electrons. The number of rotatable bonds is 6. The van der Waals surface area contributed by atoms with Crippen LogP contribution in [0.3, 0.4) is 0 Å². The van der Waals surface area contributed by atoms with Crippen molar-refractivity contribution >= 4 is 22.7 Å². The lowest BCUT2D eigenvalue weighted by molar-refractivity contribution is -0.140. The second kappa shape index (κ2) is 7.38. The molecule has 6 heteroatoms. The number of carbonyl (C=O) groups is 2. The lowest BCUT2D eigenvalue weighted by Gasteiger charge is -2.15. The van der Waals surface area contributed by atoms with Gasteiger partial charge in [-0.05, 0) is 13.8 Å². The molecular weight excluding hydrogens is 230 g/mol. The van der Waals surface area contributed by atoms with Crippen molar-refractivity contribution in [1.82, 2.24) is 5.32 Å². The molecule has 0 heterocycles. The molecular formula is C10H19NO4S. The molecule has 0 bridgehead atoms. The molecule has 0 rings (SSSR count). The summed E-state index contributed by atoms with van der Waals surface area (Å²) in [5.41, 5.74) is 0. The van der Waals surface area contributed by atoms with Crippen molar-refractivity contribution in [3.63, 3.8) is 0 Å². The topological polar surface area (TPSA) is 72.5 Å². The van der Waals surface area contributed by atoms with Crippen LogP contribution < -0.4 is 5.32 Å². The first-order valence-electron chi connectivity index (χ1n) is 5.17. The molecule has 16 heavy (non-hydrogen) atoms. The van der Waals surface area contributed by atoms with Crippen molar-refractivity contribution in [2.75, 3.05) is 13.7 Å². The minimum Gasteiger partial charge on any atom is -0.469 e. The molecule has 94 valence electrons. The summed E-state index contributed by atoms with van der Waals surface area (Å²) in [7, 11) is -0.0932. The third kappa shape index (κ3) is 4.74. The quantitative estimate of drug-likeness (QED) is 0.683. The van der Waals surface area contributed by atoms with Crippen LogP contribution in [0, 0.1) is 0 Å². The summed E-state index contributed by atoms with van der Waals surface area (Å²) in [6.07, 6.45) is 0.0624. The van der Waals surface area contributed by atoms with E-state index >= 15 is 0 Å². The second-order valence-electron chi connectivity index (χ2n) is 3.46. The molecule has 0 aromatic carbocycles. The van der Waals surface area contributed by atoms with Crippen molar-refractivity contribution in [3.05, 3.63) is 0 Å². The minimum atomic E-state index is -1.38. The average Bonchev–Trinajstić information content (AvgIpc) is 2.26. The second-order valence-corrected chi connectivity index (χ2v) is 5.63. The maximum atomic E-state index is 11.9. The minimum absolute atomic E-state index is 0.0624. The zero-order chi connectivity index (χ0) is 12.7. The first-order chi connectivity index (χ1) is 7.43. The molecule has 0 saturated carbocycles. The molecule has 0 aromatic rings. The number of carbonyl (C=O) groups excluding carboxylic acids is 2. The van der Waals surface area contributed by atoms with Crippen molar-refractivity contribution in [3.8, 4) is 0 Å². The van der Waals surface area contributed by atoms with Gasteiger partial charge >= 0.3 is 5.97 Å². The van der Waals surface area contributed by atoms with E-state index in [0.717, 1.165) is 0 Å². The maximum Gasteiger partial charge on any atom is 0.306 e. The molecule has 0 aliphatic heterocycles. The van der Waals surface area contributed by atoms with E-state index in [1.54, 1.807) is 20.8 Å². The molecule has 0 spiro atoms. The molecule has 0 aromatic heterocycles. The summed E-state index contributed by atoms with van der Waals surface area (Å²) in [5, 5.41) is 1.60. The fourth-order valence-corrected chi connectivity index (χ4v) is 2.46. The Labute approximate surface area is 98.4 Å². The summed E-state index contributed by atoms with van der Waals surface area (Å²) in [6, 6.07) is 0. The van der Waals surface area contributed by atoms with Gasteiger partial charge < -0.3 is 10.1 Å². The lowest BCUT2D eigenvalue weighted by Crippen LogP contribution is -2.38. The van der Waals surface area contributed by atoms with Crippen molar-refractivity contribution in [2.24, 2.45) is 0 Å². The van der Waals surface area contributed by atoms with Gasteiger partial charge in [0.25, 0.3) is 0 Å². The molecule has 1 amide bonds. The summed E-state index contributed by atoms with van der Waals surface area (Å²) in [5.74, 6) is -0.665. The van der Waals surface area contributed by atoms with Gasteiger partial charge in [-0.3, -0.25) is 13.8 Å². The Morgan fingerprint density at radius 1 is 1.38 bits per heavy atom. The fraction of sp³-hybridized carbons (Fsp3) is 0.800. The van der Waals surface area contributed by atoms with Crippen LogP contribution in [0.15, 0.2) is 0 Å². The van der Waals surface area contributed by atoms with E-state index in [1.807, 2.05) is 0 Å². The molecule has 0 fully saturated rings. The highest BCUT2D eigenvalue weighted by Crippen LogP contribution is 2.08. The van der Waals surface area contributed by atoms with Crippen LogP contribution >= 0.6 is 0 Å². The van der Waals surface area contributed by atoms with Crippen LogP contribution in [-0.4, -0.2) is 40.2 Å². The zero-order valence-electron chi connectivity index (χ0n) is 10.1. The van der Waals surface area contributed by atoms with Crippen LogP contribution in [-0.2, 0) is 25.1 Å². The van der Waals surface area contributed by atoms with Crippen LogP contribution in [0.4, 0.5) is 0 Å². The van der Waals surface area contributed by atoms with Gasteiger partial charge in [-0.15, -0.1) is 0 Å². The van der Waals surface area contributed by atoms with E-state index < -0.39 is 22.0 Å². The lowest BCUT2D eigenvalue weighted by atomic mass is 10.3. The van der Waals surface area contributed by atoms with Crippen molar-refractivity contribution < 1.29 is 18.5 Å². The summed E-state index contributed by atoms with van der Waals surface area (Å²) in [6.45, 7) is 5.56. The highest BCUT2D eigenvalue weighted by atomic mass is 32.2. The number of hydrogen-bond acceptors (Lipinski definition) is 4. The Hall–Kier alpha value is -0.910. The molecule has 0 aliphatic carbocycles. The van der Waals surface area contributed by atoms with E-state index in [2.05, 4.69) is 10.1 Å². The van der Waals surface area contributed by atoms with Crippen molar-refractivity contribution in [1.29, 1.82) is 0 Å². The van der Waals surface area contributed by atoms with Gasteiger partial charge in [0.15, 0.2) is 0 Å². The maximum absolute atomic E-state index is 11.9. The van der Waals surface area contributed by atoms with Gasteiger partial charge in [0, 0.05) is 22.6 Å². The van der Waals surface area contributed by atoms with Gasteiger partial charge in [0.05, 0.1) is 13.5 Å². The van der Waals surface area contributed by atoms with Crippen LogP contribution in [0.2, 0.25) is 0 Å². The fourth-order valence-electron chi connectivity index (χ4n) is 1.17. The molecule has 0 saturated heterocycles. The number of hydrogen-bond donors (Lipinski definition) is 1. The summed E-state index contributed by atoms with van der Waals surface area (Å²) in [4.78, 5) is 22.4. The van der Waals surface area contributed by atoms with Crippen molar-refractivity contribution in [2.45, 2.75) is 37.7 Å². The SMILES string of the molecule is CCNC(=O)C(C)S(=O)C(C)CC(=O)OC. The predicted octanol–water partition coefficient (Wildman–Crippen LogP) is 0.211. The smallest absolute Gasteiger partial charge is 0.306 e. The van der Waals surface area contributed by atoms with E-state index in [0.29, 0.717) is 6.54 Å². The Kier molecular flexibility index (Phi) is 6.96. The number of nitrogens with one attached hydrogen (secondary N) is 1. The van der Waals surface area contributed by atoms with E-state index in [4.69, 9.17) is 0 Å². The van der Waals surface area contributed by atoms with E-state index in [-0.39, 0.29) is 17.6 Å². The molecule has 1 N–H and O–H groups in total. The molecule has 5 nitrogen and oxygen atoms in total. The van der Waals surface area contributed by atoms with Crippen LogP contribution in [0.5, 0.6) is 0 Å². The van der Waals surface area contributed by atoms with Gasteiger partial charge in [-0.1, -0.05) is 6.92 Å². The number of esters is 1. The third-order valence-corrected chi connectivity index (χ3v) is 4.02. The largest absolute Gasteiger partial charge is 0.469 e. The first kappa shape index (κ1) is 15.1. The first-order valence-corrected chi connectivity index (χ1v) is 6.45. The number of amides is 1. The van der Waals surface area contributed by atoms with Crippen LogP contribution in [0.25, 0.3) is 0 Å². The van der Waals surface area contributed by atoms with Gasteiger partial charge in [0.1, 0.15) is 5.25 Å². The Morgan fingerprint density at radius 3 is 2.38 bits per heavy atom. The highest BCUT2D eigenvalue weighted by molar-refractivity contribution is 7.87. The normalized spacial score (nSPS) is 16.0. The van der Waals surface area contributed by atoms with Gasteiger partial charge in [0.2, 0.25) is 5.91 Å². The summed E-state index contributed by atoms with van der Waals surface area (Å²) < 4.78 is 16.3. The Bertz CT molecular complexity index is 280. The standard InChI is InChI=1S/C10H19NO4S/c1-5-11-10(13)8(3)16(14)7(2)6-9(12)15-4/h7-8H,5-6H2,1-4H3,(H,11,13). The molecule has 3 unspecified atom stereocenters.